The van der Waals surface area contributed by atoms with Crippen molar-refractivity contribution in [1.29, 1.82) is 0 Å². The Kier molecular flexibility index (Phi) is 2.68. The van der Waals surface area contributed by atoms with Gasteiger partial charge in [0.1, 0.15) is 0 Å². The molecule has 0 spiro atoms. The first-order valence-electron chi connectivity index (χ1n) is 4.48. The number of hydrogen-bond donors (Lipinski definition) is 0. The Hall–Kier alpha value is -1.09. The second-order valence-electron chi connectivity index (χ2n) is 3.26. The van der Waals surface area contributed by atoms with Crippen molar-refractivity contribution in [3.05, 3.63) is 52.3 Å². The van der Waals surface area contributed by atoms with Gasteiger partial charge in [0.2, 0.25) is 0 Å². The fourth-order valence-corrected chi connectivity index (χ4v) is 1.82. The van der Waals surface area contributed by atoms with Crippen molar-refractivity contribution in [2.45, 2.75) is 13.5 Å². The minimum atomic E-state index is 0.832. The summed E-state index contributed by atoms with van der Waals surface area (Å²) in [7, 11) is 0. The molecule has 0 saturated heterocycles. The fraction of sp³-hybridized carbons (Fsp3) is 0.182. The first-order valence-corrected chi connectivity index (χ1v) is 5.28. The molecule has 3 heteroatoms. The highest BCUT2D eigenvalue weighted by atomic mass is 79.9. The maximum Gasteiger partial charge on any atom is 0.0662 e. The lowest BCUT2D eigenvalue weighted by atomic mass is 10.2. The Morgan fingerprint density at radius 3 is 2.86 bits per heavy atom. The molecule has 0 saturated carbocycles. The second kappa shape index (κ2) is 3.96. The molecule has 72 valence electrons. The molecule has 0 fully saturated rings. The zero-order valence-electron chi connectivity index (χ0n) is 7.94. The third-order valence-corrected chi connectivity index (χ3v) is 2.64. The number of aryl methyl sites for hydroxylation is 1. The third-order valence-electron chi connectivity index (χ3n) is 2.15. The van der Waals surface area contributed by atoms with E-state index in [1.54, 1.807) is 0 Å². The first-order chi connectivity index (χ1) is 6.75. The van der Waals surface area contributed by atoms with Crippen LogP contribution in [-0.2, 0) is 6.54 Å². The Bertz CT molecular complexity index is 434. The molecule has 0 aliphatic carbocycles. The molecular formula is C11H11BrN2. The number of benzene rings is 1. The van der Waals surface area contributed by atoms with E-state index in [4.69, 9.17) is 0 Å². The van der Waals surface area contributed by atoms with E-state index in [-0.39, 0.29) is 0 Å². The minimum absolute atomic E-state index is 0.832. The Balaban J connectivity index is 2.23. The third kappa shape index (κ3) is 2.04. The molecule has 1 aromatic carbocycles. The van der Waals surface area contributed by atoms with Gasteiger partial charge in [-0.25, -0.2) is 0 Å². The van der Waals surface area contributed by atoms with Crippen LogP contribution in [0.2, 0.25) is 0 Å². The molecule has 0 radical (unpaired) electrons. The normalized spacial score (nSPS) is 10.4. The molecular weight excluding hydrogens is 240 g/mol. The molecule has 0 aliphatic heterocycles. The van der Waals surface area contributed by atoms with E-state index in [2.05, 4.69) is 40.1 Å². The van der Waals surface area contributed by atoms with Gasteiger partial charge in [-0.05, 0) is 30.7 Å². The summed E-state index contributed by atoms with van der Waals surface area (Å²) in [5, 5.41) is 4.24. The molecule has 0 amide bonds. The van der Waals surface area contributed by atoms with E-state index < -0.39 is 0 Å². The molecule has 14 heavy (non-hydrogen) atoms. The van der Waals surface area contributed by atoms with Crippen LogP contribution in [0.15, 0.2) is 41.0 Å². The second-order valence-corrected chi connectivity index (χ2v) is 4.18. The lowest BCUT2D eigenvalue weighted by Gasteiger charge is -2.04. The Morgan fingerprint density at radius 1 is 1.36 bits per heavy atom. The molecule has 2 aromatic rings. The predicted molar refractivity (Wildman–Crippen MR) is 60.2 cm³/mol. The summed E-state index contributed by atoms with van der Waals surface area (Å²) in [6.45, 7) is 2.89. The summed E-state index contributed by atoms with van der Waals surface area (Å²) in [5.41, 5.74) is 2.44. The Labute approximate surface area is 91.7 Å². The molecule has 0 unspecified atom stereocenters. The van der Waals surface area contributed by atoms with Crippen molar-refractivity contribution in [2.24, 2.45) is 0 Å². The van der Waals surface area contributed by atoms with Crippen LogP contribution in [-0.4, -0.2) is 9.78 Å². The van der Waals surface area contributed by atoms with Crippen LogP contribution in [0.5, 0.6) is 0 Å². The average Bonchev–Trinajstić information content (AvgIpc) is 2.52. The van der Waals surface area contributed by atoms with Crippen LogP contribution in [0.25, 0.3) is 0 Å². The predicted octanol–water partition coefficient (Wildman–Crippen LogP) is 3.00. The van der Waals surface area contributed by atoms with Crippen LogP contribution in [0.3, 0.4) is 0 Å². The standard InChI is InChI=1S/C11H11BrN2/c1-9-5-6-13-14(9)8-10-3-2-4-11(12)7-10/h2-7H,8H2,1H3. The maximum atomic E-state index is 4.24. The lowest BCUT2D eigenvalue weighted by molar-refractivity contribution is 0.665. The van der Waals surface area contributed by atoms with E-state index in [1.165, 1.54) is 11.3 Å². The summed E-state index contributed by atoms with van der Waals surface area (Å²) < 4.78 is 3.10. The van der Waals surface area contributed by atoms with E-state index in [0.29, 0.717) is 0 Å². The average molecular weight is 251 g/mol. The van der Waals surface area contributed by atoms with Gasteiger partial charge in [-0.1, -0.05) is 28.1 Å². The number of rotatable bonds is 2. The molecule has 0 atom stereocenters. The van der Waals surface area contributed by atoms with Crippen LogP contribution >= 0.6 is 15.9 Å². The fourth-order valence-electron chi connectivity index (χ4n) is 1.37. The molecule has 0 aliphatic rings. The van der Waals surface area contributed by atoms with E-state index >= 15 is 0 Å². The van der Waals surface area contributed by atoms with Gasteiger partial charge in [-0.15, -0.1) is 0 Å². The molecule has 0 bridgehead atoms. The zero-order chi connectivity index (χ0) is 9.97. The van der Waals surface area contributed by atoms with Gasteiger partial charge in [-0.3, -0.25) is 4.68 Å². The highest BCUT2D eigenvalue weighted by molar-refractivity contribution is 9.10. The van der Waals surface area contributed by atoms with Crippen molar-refractivity contribution in [2.75, 3.05) is 0 Å². The van der Waals surface area contributed by atoms with Gasteiger partial charge >= 0.3 is 0 Å². The summed E-state index contributed by atoms with van der Waals surface area (Å²) in [4.78, 5) is 0. The van der Waals surface area contributed by atoms with Gasteiger partial charge in [0.25, 0.3) is 0 Å². The van der Waals surface area contributed by atoms with Gasteiger partial charge in [0.15, 0.2) is 0 Å². The summed E-state index contributed by atoms with van der Waals surface area (Å²) in [5.74, 6) is 0. The van der Waals surface area contributed by atoms with Crippen molar-refractivity contribution < 1.29 is 0 Å². The highest BCUT2D eigenvalue weighted by Gasteiger charge is 1.98. The van der Waals surface area contributed by atoms with Gasteiger partial charge in [0, 0.05) is 16.4 Å². The molecule has 1 aromatic heterocycles. The Morgan fingerprint density at radius 2 is 2.21 bits per heavy atom. The van der Waals surface area contributed by atoms with Crippen molar-refractivity contribution in [3.63, 3.8) is 0 Å². The number of nitrogens with zero attached hydrogens (tertiary/aromatic N) is 2. The van der Waals surface area contributed by atoms with Gasteiger partial charge in [-0.2, -0.15) is 5.10 Å². The highest BCUT2D eigenvalue weighted by Crippen LogP contribution is 2.12. The number of halogens is 1. The van der Waals surface area contributed by atoms with Gasteiger partial charge < -0.3 is 0 Å². The molecule has 1 heterocycles. The SMILES string of the molecule is Cc1ccnn1Cc1cccc(Br)c1. The summed E-state index contributed by atoms with van der Waals surface area (Å²) in [6.07, 6.45) is 1.83. The topological polar surface area (TPSA) is 17.8 Å². The van der Waals surface area contributed by atoms with Crippen LogP contribution in [0.4, 0.5) is 0 Å². The molecule has 0 N–H and O–H groups in total. The van der Waals surface area contributed by atoms with Crippen LogP contribution in [0, 0.1) is 6.92 Å². The quantitative estimate of drug-likeness (QED) is 0.802. The van der Waals surface area contributed by atoms with Gasteiger partial charge in [0.05, 0.1) is 6.54 Å². The number of hydrogen-bond acceptors (Lipinski definition) is 1. The van der Waals surface area contributed by atoms with Crippen molar-refractivity contribution in [3.8, 4) is 0 Å². The zero-order valence-corrected chi connectivity index (χ0v) is 9.53. The smallest absolute Gasteiger partial charge is 0.0662 e. The molecule has 2 nitrogen and oxygen atoms in total. The first kappa shape index (κ1) is 9.46. The summed E-state index contributed by atoms with van der Waals surface area (Å²) >= 11 is 3.46. The van der Waals surface area contributed by atoms with E-state index in [0.717, 1.165) is 11.0 Å². The lowest BCUT2D eigenvalue weighted by Crippen LogP contribution is -2.03. The van der Waals surface area contributed by atoms with Crippen LogP contribution in [0.1, 0.15) is 11.3 Å². The monoisotopic (exact) mass is 250 g/mol. The largest absolute Gasteiger partial charge is 0.265 e. The van der Waals surface area contributed by atoms with Crippen molar-refractivity contribution in [1.82, 2.24) is 9.78 Å². The van der Waals surface area contributed by atoms with Crippen LogP contribution < -0.4 is 0 Å². The minimum Gasteiger partial charge on any atom is -0.265 e. The molecule has 2 rings (SSSR count). The van der Waals surface area contributed by atoms with Crippen molar-refractivity contribution >= 4 is 15.9 Å². The van der Waals surface area contributed by atoms with E-state index in [9.17, 15) is 0 Å². The maximum absolute atomic E-state index is 4.24. The number of aromatic nitrogens is 2. The van der Waals surface area contributed by atoms with E-state index in [1.807, 2.05) is 29.1 Å². The summed E-state index contributed by atoms with van der Waals surface area (Å²) in [6, 6.07) is 10.3.